The van der Waals surface area contributed by atoms with Gasteiger partial charge in [-0.1, -0.05) is 12.1 Å². The third kappa shape index (κ3) is 2.12. The maximum absolute atomic E-state index is 10.2. The molecule has 0 aliphatic rings. The average Bonchev–Trinajstić information content (AvgIpc) is 2.90. The highest BCUT2D eigenvalue weighted by atomic mass is 16.5. The molecular formula is C13H14O4. The lowest BCUT2D eigenvalue weighted by Crippen LogP contribution is -2.02. The second-order valence-corrected chi connectivity index (χ2v) is 3.54. The summed E-state index contributed by atoms with van der Waals surface area (Å²) in [6, 6.07) is 7.09. The third-order valence-corrected chi connectivity index (χ3v) is 2.59. The Hall–Kier alpha value is -1.94. The van der Waals surface area contributed by atoms with Crippen LogP contribution in [0.2, 0.25) is 0 Å². The van der Waals surface area contributed by atoms with Crippen molar-refractivity contribution < 1.29 is 19.0 Å². The van der Waals surface area contributed by atoms with Crippen LogP contribution in [0, 0.1) is 0 Å². The highest BCUT2D eigenvalue weighted by Gasteiger charge is 2.19. The molecule has 1 heterocycles. The molecule has 2 rings (SSSR count). The molecule has 0 spiro atoms. The summed E-state index contributed by atoms with van der Waals surface area (Å²) in [5, 5.41) is 10.2. The molecule has 0 saturated heterocycles. The zero-order valence-electron chi connectivity index (χ0n) is 9.71. The number of rotatable bonds is 4. The minimum absolute atomic E-state index is 0.531. The van der Waals surface area contributed by atoms with Crippen molar-refractivity contribution in [3.8, 4) is 11.5 Å². The van der Waals surface area contributed by atoms with Crippen molar-refractivity contribution in [2.75, 3.05) is 14.2 Å². The molecule has 1 N–H and O–H groups in total. The second kappa shape index (κ2) is 4.93. The van der Waals surface area contributed by atoms with Crippen molar-refractivity contribution in [1.29, 1.82) is 0 Å². The van der Waals surface area contributed by atoms with Gasteiger partial charge in [-0.05, 0) is 12.1 Å². The molecule has 4 nitrogen and oxygen atoms in total. The summed E-state index contributed by atoms with van der Waals surface area (Å²) in [5.74, 6) is 1.12. The Kier molecular flexibility index (Phi) is 3.35. The van der Waals surface area contributed by atoms with Gasteiger partial charge >= 0.3 is 0 Å². The van der Waals surface area contributed by atoms with Crippen molar-refractivity contribution in [2.24, 2.45) is 0 Å². The van der Waals surface area contributed by atoms with Crippen LogP contribution in [0.4, 0.5) is 0 Å². The maximum atomic E-state index is 10.2. The molecule has 4 heteroatoms. The molecule has 0 aliphatic heterocycles. The van der Waals surface area contributed by atoms with Crippen molar-refractivity contribution in [3.63, 3.8) is 0 Å². The molecule has 0 saturated carbocycles. The monoisotopic (exact) mass is 234 g/mol. The first kappa shape index (κ1) is 11.5. The lowest BCUT2D eigenvalue weighted by molar-refractivity contribution is 0.212. The molecule has 0 amide bonds. The second-order valence-electron chi connectivity index (χ2n) is 3.54. The number of benzene rings is 1. The van der Waals surface area contributed by atoms with E-state index in [1.165, 1.54) is 12.5 Å². The predicted octanol–water partition coefficient (Wildman–Crippen LogP) is 2.38. The number of hydrogen-bond donors (Lipinski definition) is 1. The number of aliphatic hydroxyl groups excluding tert-OH is 1. The highest BCUT2D eigenvalue weighted by Crippen LogP contribution is 2.36. The van der Waals surface area contributed by atoms with Gasteiger partial charge in [0.1, 0.15) is 6.10 Å². The van der Waals surface area contributed by atoms with Gasteiger partial charge < -0.3 is 19.0 Å². The minimum atomic E-state index is -0.793. The first-order valence-electron chi connectivity index (χ1n) is 5.19. The molecule has 17 heavy (non-hydrogen) atoms. The van der Waals surface area contributed by atoms with E-state index in [-0.39, 0.29) is 0 Å². The molecular weight excluding hydrogens is 220 g/mol. The summed E-state index contributed by atoms with van der Waals surface area (Å²) in [6.45, 7) is 0. The third-order valence-electron chi connectivity index (χ3n) is 2.59. The average molecular weight is 234 g/mol. The Morgan fingerprint density at radius 2 is 2.00 bits per heavy atom. The van der Waals surface area contributed by atoms with Crippen molar-refractivity contribution in [2.45, 2.75) is 6.10 Å². The zero-order valence-corrected chi connectivity index (χ0v) is 9.71. The van der Waals surface area contributed by atoms with Crippen LogP contribution in [0.5, 0.6) is 11.5 Å². The number of hydrogen-bond acceptors (Lipinski definition) is 4. The van der Waals surface area contributed by atoms with Crippen LogP contribution >= 0.6 is 0 Å². The normalized spacial score (nSPS) is 12.2. The van der Waals surface area contributed by atoms with Crippen molar-refractivity contribution in [1.82, 2.24) is 0 Å². The SMILES string of the molecule is COc1cccc(C(O)c2ccoc2)c1OC. The molecule has 0 radical (unpaired) electrons. The van der Waals surface area contributed by atoms with Gasteiger partial charge in [0.25, 0.3) is 0 Å². The first-order valence-corrected chi connectivity index (χ1v) is 5.19. The van der Waals surface area contributed by atoms with Crippen LogP contribution in [-0.4, -0.2) is 19.3 Å². The molecule has 1 atom stereocenters. The van der Waals surface area contributed by atoms with E-state index in [2.05, 4.69) is 0 Å². The van der Waals surface area contributed by atoms with Crippen LogP contribution < -0.4 is 9.47 Å². The minimum Gasteiger partial charge on any atom is -0.493 e. The molecule has 0 aliphatic carbocycles. The highest BCUT2D eigenvalue weighted by molar-refractivity contribution is 5.49. The van der Waals surface area contributed by atoms with Gasteiger partial charge in [-0.2, -0.15) is 0 Å². The Morgan fingerprint density at radius 1 is 1.18 bits per heavy atom. The number of methoxy groups -OCH3 is 2. The Labute approximate surface area is 99.4 Å². The molecule has 90 valence electrons. The number of furan rings is 1. The van der Waals surface area contributed by atoms with E-state index in [4.69, 9.17) is 13.9 Å². The Balaban J connectivity index is 2.44. The zero-order chi connectivity index (χ0) is 12.3. The molecule has 0 fully saturated rings. The van der Waals surface area contributed by atoms with Gasteiger partial charge in [0.05, 0.1) is 26.7 Å². The van der Waals surface area contributed by atoms with E-state index in [1.54, 1.807) is 38.5 Å². The fourth-order valence-electron chi connectivity index (χ4n) is 1.74. The Morgan fingerprint density at radius 3 is 2.59 bits per heavy atom. The molecule has 0 bridgehead atoms. The van der Waals surface area contributed by atoms with Crippen LogP contribution in [0.25, 0.3) is 0 Å². The van der Waals surface area contributed by atoms with E-state index in [0.29, 0.717) is 22.6 Å². The van der Waals surface area contributed by atoms with E-state index >= 15 is 0 Å². The van der Waals surface area contributed by atoms with Crippen LogP contribution in [0.3, 0.4) is 0 Å². The van der Waals surface area contributed by atoms with E-state index in [9.17, 15) is 5.11 Å². The summed E-state index contributed by atoms with van der Waals surface area (Å²) < 4.78 is 15.4. The molecule has 1 unspecified atom stereocenters. The van der Waals surface area contributed by atoms with Crippen molar-refractivity contribution in [3.05, 3.63) is 47.9 Å². The summed E-state index contributed by atoms with van der Waals surface area (Å²) in [7, 11) is 3.11. The fourth-order valence-corrected chi connectivity index (χ4v) is 1.74. The lowest BCUT2D eigenvalue weighted by Gasteiger charge is -2.15. The summed E-state index contributed by atoms with van der Waals surface area (Å²) in [5.41, 5.74) is 1.32. The lowest BCUT2D eigenvalue weighted by atomic mass is 10.0. The van der Waals surface area contributed by atoms with Crippen LogP contribution in [0.1, 0.15) is 17.2 Å². The summed E-state index contributed by atoms with van der Waals surface area (Å²) in [4.78, 5) is 0. The van der Waals surface area contributed by atoms with E-state index in [0.717, 1.165) is 0 Å². The van der Waals surface area contributed by atoms with Crippen molar-refractivity contribution >= 4 is 0 Å². The summed E-state index contributed by atoms with van der Waals surface area (Å²) >= 11 is 0. The number of ether oxygens (including phenoxy) is 2. The van der Waals surface area contributed by atoms with E-state index in [1.807, 2.05) is 0 Å². The maximum Gasteiger partial charge on any atom is 0.166 e. The molecule has 1 aromatic heterocycles. The van der Waals surface area contributed by atoms with E-state index < -0.39 is 6.10 Å². The Bertz CT molecular complexity index is 476. The smallest absolute Gasteiger partial charge is 0.166 e. The van der Waals surface area contributed by atoms with Crippen LogP contribution in [0.15, 0.2) is 41.2 Å². The fraction of sp³-hybridized carbons (Fsp3) is 0.231. The number of para-hydroxylation sites is 1. The largest absolute Gasteiger partial charge is 0.493 e. The first-order chi connectivity index (χ1) is 8.27. The number of aliphatic hydroxyl groups is 1. The molecule has 1 aromatic carbocycles. The van der Waals surface area contributed by atoms with Gasteiger partial charge in [-0.25, -0.2) is 0 Å². The van der Waals surface area contributed by atoms with Gasteiger partial charge in [-0.3, -0.25) is 0 Å². The van der Waals surface area contributed by atoms with Gasteiger partial charge in [0.15, 0.2) is 11.5 Å². The standard InChI is InChI=1S/C13H14O4/c1-15-11-5-3-4-10(13(11)16-2)12(14)9-6-7-17-8-9/h3-8,12,14H,1-2H3. The predicted molar refractivity (Wildman–Crippen MR) is 62.3 cm³/mol. The van der Waals surface area contributed by atoms with Crippen LogP contribution in [-0.2, 0) is 0 Å². The quantitative estimate of drug-likeness (QED) is 0.882. The summed E-state index contributed by atoms with van der Waals surface area (Å²) in [6.07, 6.45) is 2.23. The molecule has 2 aromatic rings. The van der Waals surface area contributed by atoms with Gasteiger partial charge in [0.2, 0.25) is 0 Å². The van der Waals surface area contributed by atoms with Gasteiger partial charge in [-0.15, -0.1) is 0 Å². The topological polar surface area (TPSA) is 51.8 Å². The van der Waals surface area contributed by atoms with Gasteiger partial charge in [0, 0.05) is 11.1 Å².